The van der Waals surface area contributed by atoms with Crippen LogP contribution in [0, 0.1) is 0 Å². The van der Waals surface area contributed by atoms with Gasteiger partial charge in [-0.05, 0) is 47.0 Å². The molecule has 1 aliphatic heterocycles. The van der Waals surface area contributed by atoms with Gasteiger partial charge in [-0.25, -0.2) is 9.97 Å². The van der Waals surface area contributed by atoms with Crippen LogP contribution in [0.3, 0.4) is 0 Å². The molecule has 6 heteroatoms. The van der Waals surface area contributed by atoms with Gasteiger partial charge in [-0.3, -0.25) is 14.9 Å². The second kappa shape index (κ2) is 8.42. The highest BCUT2D eigenvalue weighted by Crippen LogP contribution is 2.28. The van der Waals surface area contributed by atoms with Crippen molar-refractivity contribution in [1.29, 1.82) is 0 Å². The minimum absolute atomic E-state index is 0.772. The zero-order chi connectivity index (χ0) is 20.3. The number of hydrogen-bond acceptors (Lipinski definition) is 5. The molecule has 0 spiro atoms. The van der Waals surface area contributed by atoms with E-state index in [1.54, 1.807) is 12.4 Å². The lowest BCUT2D eigenvalue weighted by Crippen LogP contribution is -2.31. The summed E-state index contributed by atoms with van der Waals surface area (Å²) in [5, 5.41) is 0. The summed E-state index contributed by atoms with van der Waals surface area (Å²) < 4.78 is 1.08. The van der Waals surface area contributed by atoms with E-state index in [1.807, 2.05) is 36.8 Å². The average molecular weight is 458 g/mol. The normalized spacial score (nSPS) is 13.8. The monoisotopic (exact) mass is 457 g/mol. The Kier molecular flexibility index (Phi) is 5.34. The molecule has 148 valence electrons. The fourth-order valence-corrected chi connectivity index (χ4v) is 4.28. The summed E-state index contributed by atoms with van der Waals surface area (Å²) in [5.74, 6) is 0.772. The van der Waals surface area contributed by atoms with Crippen LogP contribution in [0.15, 0.2) is 77.9 Å². The van der Waals surface area contributed by atoms with Crippen molar-refractivity contribution in [2.75, 3.05) is 6.54 Å². The highest BCUT2D eigenvalue weighted by Gasteiger charge is 2.20. The van der Waals surface area contributed by atoms with Gasteiger partial charge in [0, 0.05) is 72.6 Å². The molecule has 4 aromatic rings. The third kappa shape index (κ3) is 4.01. The molecule has 1 aliphatic rings. The van der Waals surface area contributed by atoms with Gasteiger partial charge in [-0.2, -0.15) is 0 Å². The molecular weight excluding hydrogens is 438 g/mol. The summed E-state index contributed by atoms with van der Waals surface area (Å²) in [4.78, 5) is 20.3. The van der Waals surface area contributed by atoms with Crippen LogP contribution >= 0.6 is 15.9 Å². The summed E-state index contributed by atoms with van der Waals surface area (Å²) in [6.45, 7) is 2.66. The predicted octanol–water partition coefficient (Wildman–Crippen LogP) is 4.92. The van der Waals surface area contributed by atoms with Gasteiger partial charge in [0.2, 0.25) is 0 Å². The Balaban J connectivity index is 1.37. The van der Waals surface area contributed by atoms with Gasteiger partial charge < -0.3 is 0 Å². The van der Waals surface area contributed by atoms with Crippen LogP contribution in [0.5, 0.6) is 0 Å². The van der Waals surface area contributed by atoms with E-state index in [9.17, 15) is 0 Å². The third-order valence-electron chi connectivity index (χ3n) is 5.38. The van der Waals surface area contributed by atoms with Crippen molar-refractivity contribution in [3.8, 4) is 22.5 Å². The zero-order valence-corrected chi connectivity index (χ0v) is 18.0. The first kappa shape index (κ1) is 19.0. The molecule has 0 N–H and O–H groups in total. The van der Waals surface area contributed by atoms with E-state index < -0.39 is 0 Å². The van der Waals surface area contributed by atoms with Gasteiger partial charge in [-0.1, -0.05) is 28.1 Å². The van der Waals surface area contributed by atoms with Crippen LogP contribution in [0.25, 0.3) is 22.5 Å². The molecule has 0 radical (unpaired) electrons. The number of aromatic nitrogens is 4. The molecule has 0 amide bonds. The predicted molar refractivity (Wildman–Crippen MR) is 120 cm³/mol. The highest BCUT2D eigenvalue weighted by atomic mass is 79.9. The molecule has 0 saturated heterocycles. The molecule has 0 unspecified atom stereocenters. The number of rotatable bonds is 4. The van der Waals surface area contributed by atoms with Crippen molar-refractivity contribution in [3.05, 3.63) is 94.7 Å². The van der Waals surface area contributed by atoms with E-state index in [1.165, 1.54) is 22.3 Å². The average Bonchev–Trinajstić information content (AvgIpc) is 2.80. The van der Waals surface area contributed by atoms with Crippen molar-refractivity contribution in [3.63, 3.8) is 0 Å². The molecule has 0 aliphatic carbocycles. The largest absolute Gasteiger partial charge is 0.294 e. The Morgan fingerprint density at radius 1 is 0.933 bits per heavy atom. The van der Waals surface area contributed by atoms with Crippen LogP contribution in [-0.4, -0.2) is 31.4 Å². The molecule has 5 nitrogen and oxygen atoms in total. The minimum Gasteiger partial charge on any atom is -0.294 e. The van der Waals surface area contributed by atoms with Crippen LogP contribution < -0.4 is 0 Å². The van der Waals surface area contributed by atoms with Crippen molar-refractivity contribution in [1.82, 2.24) is 24.8 Å². The first-order valence-electron chi connectivity index (χ1n) is 9.92. The van der Waals surface area contributed by atoms with Crippen LogP contribution in [0.4, 0.5) is 0 Å². The number of hydrogen-bond donors (Lipinski definition) is 0. The maximum absolute atomic E-state index is 4.82. The molecule has 0 atom stereocenters. The molecule has 4 heterocycles. The first-order chi connectivity index (χ1) is 14.8. The second-order valence-corrected chi connectivity index (χ2v) is 8.32. The first-order valence-corrected chi connectivity index (χ1v) is 10.7. The van der Waals surface area contributed by atoms with Crippen LogP contribution in [0.1, 0.15) is 16.8 Å². The van der Waals surface area contributed by atoms with Gasteiger partial charge in [0.25, 0.3) is 0 Å². The van der Waals surface area contributed by atoms with Gasteiger partial charge >= 0.3 is 0 Å². The molecule has 5 rings (SSSR count). The Morgan fingerprint density at radius 3 is 2.67 bits per heavy atom. The van der Waals surface area contributed by atoms with Gasteiger partial charge in [-0.15, -0.1) is 0 Å². The van der Waals surface area contributed by atoms with E-state index in [0.29, 0.717) is 0 Å². The SMILES string of the molecule is Brc1cccc(-c2ccncc2CN2CCc3nc(-c4ccncc4)ncc3C2)c1. The zero-order valence-electron chi connectivity index (χ0n) is 16.4. The quantitative estimate of drug-likeness (QED) is 0.435. The summed E-state index contributed by atoms with van der Waals surface area (Å²) in [7, 11) is 0. The summed E-state index contributed by atoms with van der Waals surface area (Å²) in [5.41, 5.74) is 7.00. The Hall–Kier alpha value is -2.96. The maximum atomic E-state index is 4.82. The molecule has 1 aromatic carbocycles. The minimum atomic E-state index is 0.772. The number of fused-ring (bicyclic) bond motifs is 1. The Labute approximate surface area is 184 Å². The van der Waals surface area contributed by atoms with Crippen molar-refractivity contribution < 1.29 is 0 Å². The molecule has 0 saturated carbocycles. The molecule has 3 aromatic heterocycles. The van der Waals surface area contributed by atoms with Crippen molar-refractivity contribution >= 4 is 15.9 Å². The van der Waals surface area contributed by atoms with E-state index in [4.69, 9.17) is 4.98 Å². The van der Waals surface area contributed by atoms with E-state index in [-0.39, 0.29) is 0 Å². The molecule has 0 bridgehead atoms. The standard InChI is InChI=1S/C24H20BrN5/c25-21-3-1-2-18(12-21)22-6-10-27-13-19(22)15-30-11-7-23-20(16-30)14-28-24(29-23)17-4-8-26-9-5-17/h1-6,8-10,12-14H,7,11,15-16H2. The number of pyridine rings is 2. The lowest BCUT2D eigenvalue weighted by atomic mass is 10.0. The number of halogens is 1. The Bertz CT molecular complexity index is 1180. The fraction of sp³-hybridized carbons (Fsp3) is 0.167. The van der Waals surface area contributed by atoms with Crippen LogP contribution in [-0.2, 0) is 19.5 Å². The van der Waals surface area contributed by atoms with Crippen LogP contribution in [0.2, 0.25) is 0 Å². The topological polar surface area (TPSA) is 54.8 Å². The molecule has 0 fully saturated rings. The lowest BCUT2D eigenvalue weighted by molar-refractivity contribution is 0.243. The van der Waals surface area contributed by atoms with Gasteiger partial charge in [0.05, 0.1) is 5.69 Å². The summed E-state index contributed by atoms with van der Waals surface area (Å²) in [6.07, 6.45) is 10.3. The van der Waals surface area contributed by atoms with E-state index >= 15 is 0 Å². The fourth-order valence-electron chi connectivity index (χ4n) is 3.88. The highest BCUT2D eigenvalue weighted by molar-refractivity contribution is 9.10. The van der Waals surface area contributed by atoms with Gasteiger partial charge in [0.1, 0.15) is 0 Å². The Morgan fingerprint density at radius 2 is 1.80 bits per heavy atom. The van der Waals surface area contributed by atoms with E-state index in [2.05, 4.69) is 60.0 Å². The van der Waals surface area contributed by atoms with Gasteiger partial charge in [0.15, 0.2) is 5.82 Å². The number of nitrogens with zero attached hydrogens (tertiary/aromatic N) is 5. The maximum Gasteiger partial charge on any atom is 0.159 e. The third-order valence-corrected chi connectivity index (χ3v) is 5.88. The lowest BCUT2D eigenvalue weighted by Gasteiger charge is -2.28. The smallest absolute Gasteiger partial charge is 0.159 e. The van der Waals surface area contributed by atoms with Crippen molar-refractivity contribution in [2.45, 2.75) is 19.5 Å². The van der Waals surface area contributed by atoms with Crippen molar-refractivity contribution in [2.24, 2.45) is 0 Å². The second-order valence-electron chi connectivity index (χ2n) is 7.41. The molecular formula is C24H20BrN5. The summed E-state index contributed by atoms with van der Waals surface area (Å²) >= 11 is 3.58. The molecule has 30 heavy (non-hydrogen) atoms. The summed E-state index contributed by atoms with van der Waals surface area (Å²) in [6, 6.07) is 14.4. The van der Waals surface area contributed by atoms with E-state index in [0.717, 1.165) is 47.6 Å². The number of benzene rings is 1.